The highest BCUT2D eigenvalue weighted by Gasteiger charge is 2.18. The second kappa shape index (κ2) is 3.86. The van der Waals surface area contributed by atoms with Crippen LogP contribution in [0.2, 0.25) is 0 Å². The van der Waals surface area contributed by atoms with Gasteiger partial charge in [-0.15, -0.1) is 0 Å². The van der Waals surface area contributed by atoms with Crippen LogP contribution in [-0.4, -0.2) is 11.9 Å². The van der Waals surface area contributed by atoms with E-state index >= 15 is 0 Å². The van der Waals surface area contributed by atoms with Gasteiger partial charge in [0.05, 0.1) is 12.3 Å². The third kappa shape index (κ3) is 1.67. The van der Waals surface area contributed by atoms with E-state index in [0.29, 0.717) is 11.9 Å². The second-order valence-electron chi connectivity index (χ2n) is 3.77. The molecule has 1 unspecified atom stereocenters. The van der Waals surface area contributed by atoms with E-state index in [4.69, 9.17) is 10.2 Å². The Balaban J connectivity index is 2.23. The molecule has 76 valence electrons. The van der Waals surface area contributed by atoms with Crippen molar-refractivity contribution in [1.29, 1.82) is 0 Å². The Morgan fingerprint density at radius 2 is 2.50 bits per heavy atom. The second-order valence-corrected chi connectivity index (χ2v) is 3.77. The molecule has 2 N–H and O–H groups in total. The Kier molecular flexibility index (Phi) is 2.57. The average molecular weight is 192 g/mol. The fourth-order valence-electron chi connectivity index (χ4n) is 1.94. The smallest absolute Gasteiger partial charge is 0.171 e. The van der Waals surface area contributed by atoms with Crippen molar-refractivity contribution in [3.63, 3.8) is 0 Å². The van der Waals surface area contributed by atoms with Gasteiger partial charge in [-0.25, -0.2) is 0 Å². The molecular formula is C11H16N2O. The van der Waals surface area contributed by atoms with Gasteiger partial charge in [-0.1, -0.05) is 13.3 Å². The Morgan fingerprint density at radius 1 is 1.64 bits per heavy atom. The maximum atomic E-state index is 5.87. The number of aliphatic imine (C=N–C) groups is 1. The number of nitrogens with two attached hydrogens (primary N) is 1. The molecule has 0 saturated carbocycles. The molecule has 0 aliphatic carbocycles. The number of furan rings is 1. The van der Waals surface area contributed by atoms with Crippen LogP contribution in [0.5, 0.6) is 0 Å². The molecule has 0 bridgehead atoms. The first kappa shape index (κ1) is 9.31. The van der Waals surface area contributed by atoms with Gasteiger partial charge < -0.3 is 10.2 Å². The third-order valence-corrected chi connectivity index (χ3v) is 2.67. The molecule has 0 saturated heterocycles. The summed E-state index contributed by atoms with van der Waals surface area (Å²) in [6.45, 7) is 2.17. The molecule has 1 aromatic heterocycles. The van der Waals surface area contributed by atoms with Crippen molar-refractivity contribution in [1.82, 2.24) is 0 Å². The minimum absolute atomic E-state index is 0.377. The Morgan fingerprint density at radius 3 is 3.29 bits per heavy atom. The van der Waals surface area contributed by atoms with Gasteiger partial charge in [-0.05, 0) is 25.3 Å². The van der Waals surface area contributed by atoms with Crippen LogP contribution in [0.3, 0.4) is 0 Å². The maximum absolute atomic E-state index is 5.87. The van der Waals surface area contributed by atoms with Crippen molar-refractivity contribution < 1.29 is 4.42 Å². The molecule has 3 heteroatoms. The Bertz CT molecular complexity index is 341. The topological polar surface area (TPSA) is 51.5 Å². The summed E-state index contributed by atoms with van der Waals surface area (Å²) in [5, 5.41) is 0. The Labute approximate surface area is 84.0 Å². The predicted molar refractivity (Wildman–Crippen MR) is 56.4 cm³/mol. The zero-order valence-corrected chi connectivity index (χ0v) is 8.49. The summed E-state index contributed by atoms with van der Waals surface area (Å²) >= 11 is 0. The minimum Gasteiger partial charge on any atom is -0.461 e. The van der Waals surface area contributed by atoms with Crippen molar-refractivity contribution in [3.05, 3.63) is 23.7 Å². The monoisotopic (exact) mass is 192 g/mol. The van der Waals surface area contributed by atoms with Gasteiger partial charge in [-0.2, -0.15) is 0 Å². The number of hydrogen-bond acceptors (Lipinski definition) is 3. The predicted octanol–water partition coefficient (Wildman–Crippen LogP) is 2.10. The van der Waals surface area contributed by atoms with E-state index in [1.165, 1.54) is 5.56 Å². The van der Waals surface area contributed by atoms with E-state index in [9.17, 15) is 0 Å². The SMILES string of the molecule is CCCC1CCc2ccoc2C(N)=N1. The van der Waals surface area contributed by atoms with Crippen molar-refractivity contribution >= 4 is 5.84 Å². The lowest BCUT2D eigenvalue weighted by Gasteiger charge is -2.07. The summed E-state index contributed by atoms with van der Waals surface area (Å²) in [6, 6.07) is 2.37. The first-order valence-corrected chi connectivity index (χ1v) is 5.21. The summed E-state index contributed by atoms with van der Waals surface area (Å²) in [5.41, 5.74) is 7.07. The molecule has 0 radical (unpaired) electrons. The summed E-state index contributed by atoms with van der Waals surface area (Å²) in [6.07, 6.45) is 6.07. The van der Waals surface area contributed by atoms with Crippen molar-refractivity contribution in [2.45, 2.75) is 38.6 Å². The van der Waals surface area contributed by atoms with Crippen LogP contribution in [0.1, 0.15) is 37.5 Å². The molecule has 0 aromatic carbocycles. The zero-order chi connectivity index (χ0) is 9.97. The van der Waals surface area contributed by atoms with Crippen molar-refractivity contribution in [2.24, 2.45) is 10.7 Å². The molecule has 2 rings (SSSR count). The van der Waals surface area contributed by atoms with Crippen LogP contribution < -0.4 is 5.73 Å². The molecule has 1 atom stereocenters. The number of nitrogens with zero attached hydrogens (tertiary/aromatic N) is 1. The lowest BCUT2D eigenvalue weighted by Crippen LogP contribution is -2.15. The molecule has 1 aromatic rings. The molecule has 0 fully saturated rings. The number of aryl methyl sites for hydroxylation is 1. The van der Waals surface area contributed by atoms with Crippen molar-refractivity contribution in [2.75, 3.05) is 0 Å². The van der Waals surface area contributed by atoms with E-state index < -0.39 is 0 Å². The minimum atomic E-state index is 0.377. The third-order valence-electron chi connectivity index (χ3n) is 2.67. The van der Waals surface area contributed by atoms with E-state index in [1.54, 1.807) is 6.26 Å². The Hall–Kier alpha value is -1.25. The van der Waals surface area contributed by atoms with Crippen LogP contribution in [0.25, 0.3) is 0 Å². The van der Waals surface area contributed by atoms with Crippen LogP contribution in [-0.2, 0) is 6.42 Å². The zero-order valence-electron chi connectivity index (χ0n) is 8.49. The molecule has 0 amide bonds. The van der Waals surface area contributed by atoms with E-state index in [-0.39, 0.29) is 0 Å². The van der Waals surface area contributed by atoms with Crippen LogP contribution in [0, 0.1) is 0 Å². The maximum Gasteiger partial charge on any atom is 0.171 e. The normalized spacial score (nSPS) is 21.2. The van der Waals surface area contributed by atoms with Crippen LogP contribution in [0.4, 0.5) is 0 Å². The first-order valence-electron chi connectivity index (χ1n) is 5.21. The summed E-state index contributed by atoms with van der Waals surface area (Å²) < 4.78 is 5.32. The van der Waals surface area contributed by atoms with Gasteiger partial charge in [0.15, 0.2) is 11.6 Å². The van der Waals surface area contributed by atoms with Gasteiger partial charge in [0.1, 0.15) is 0 Å². The molecule has 14 heavy (non-hydrogen) atoms. The van der Waals surface area contributed by atoms with Gasteiger partial charge in [0, 0.05) is 5.56 Å². The van der Waals surface area contributed by atoms with Crippen LogP contribution in [0.15, 0.2) is 21.7 Å². The fraction of sp³-hybridized carbons (Fsp3) is 0.545. The van der Waals surface area contributed by atoms with Crippen molar-refractivity contribution in [3.8, 4) is 0 Å². The largest absolute Gasteiger partial charge is 0.461 e. The highest BCUT2D eigenvalue weighted by Crippen LogP contribution is 2.20. The molecule has 1 aliphatic heterocycles. The highest BCUT2D eigenvalue weighted by molar-refractivity contribution is 5.96. The van der Waals surface area contributed by atoms with E-state index in [1.807, 2.05) is 6.07 Å². The van der Waals surface area contributed by atoms with Crippen LogP contribution >= 0.6 is 0 Å². The first-order chi connectivity index (χ1) is 6.81. The highest BCUT2D eigenvalue weighted by atomic mass is 16.3. The van der Waals surface area contributed by atoms with Gasteiger partial charge in [-0.3, -0.25) is 4.99 Å². The number of rotatable bonds is 2. The van der Waals surface area contributed by atoms with Gasteiger partial charge in [0.2, 0.25) is 0 Å². The lowest BCUT2D eigenvalue weighted by atomic mass is 10.0. The van der Waals surface area contributed by atoms with E-state index in [0.717, 1.165) is 31.4 Å². The summed E-state index contributed by atoms with van der Waals surface area (Å²) in [7, 11) is 0. The summed E-state index contributed by atoms with van der Waals surface area (Å²) in [4.78, 5) is 4.48. The van der Waals surface area contributed by atoms with Gasteiger partial charge >= 0.3 is 0 Å². The van der Waals surface area contributed by atoms with Gasteiger partial charge in [0.25, 0.3) is 0 Å². The average Bonchev–Trinajstić information content (AvgIpc) is 2.57. The molecule has 0 spiro atoms. The molecular weight excluding hydrogens is 176 g/mol. The quantitative estimate of drug-likeness (QED) is 0.780. The molecule has 2 heterocycles. The fourth-order valence-corrected chi connectivity index (χ4v) is 1.94. The lowest BCUT2D eigenvalue weighted by molar-refractivity contribution is 0.554. The standard InChI is InChI=1S/C11H16N2O/c1-2-3-9-5-4-8-6-7-14-10(8)11(12)13-9/h6-7,9H,2-5H2,1H3,(H2,12,13). The molecule has 3 nitrogen and oxygen atoms in total. The molecule has 1 aliphatic rings. The number of fused-ring (bicyclic) bond motifs is 1. The number of hydrogen-bond donors (Lipinski definition) is 1. The van der Waals surface area contributed by atoms with E-state index in [2.05, 4.69) is 11.9 Å². The number of amidine groups is 1. The summed E-state index contributed by atoms with van der Waals surface area (Å²) in [5.74, 6) is 1.35.